The van der Waals surface area contributed by atoms with E-state index in [1.807, 2.05) is 36.4 Å². The Morgan fingerprint density at radius 1 is 1.18 bits per heavy atom. The smallest absolute Gasteiger partial charge is 0.275 e. The minimum absolute atomic E-state index is 0.121. The summed E-state index contributed by atoms with van der Waals surface area (Å²) in [5, 5.41) is 19.8. The zero-order valence-electron chi connectivity index (χ0n) is 20.8. The van der Waals surface area contributed by atoms with Crippen LogP contribution in [-0.4, -0.2) is 67.7 Å². The third kappa shape index (κ3) is 4.59. The van der Waals surface area contributed by atoms with Crippen LogP contribution in [-0.2, 0) is 16.5 Å². The van der Waals surface area contributed by atoms with Crippen LogP contribution in [0.3, 0.4) is 0 Å². The van der Waals surface area contributed by atoms with Crippen molar-refractivity contribution in [2.45, 2.75) is 24.4 Å². The Balaban J connectivity index is 1.36. The molecule has 0 radical (unpaired) electrons. The van der Waals surface area contributed by atoms with E-state index in [-0.39, 0.29) is 29.7 Å². The molecule has 2 aliphatic rings. The summed E-state index contributed by atoms with van der Waals surface area (Å²) < 4.78 is 13.2. The first-order valence-electron chi connectivity index (χ1n) is 12.5. The molecular weight excluding hydrogens is 488 g/mol. The number of hydrogen-bond acceptors (Lipinski definition) is 10. The number of aliphatic hydroxyl groups is 1. The molecule has 196 valence electrons. The molecule has 4 N–H and O–H groups in total. The van der Waals surface area contributed by atoms with E-state index in [9.17, 15) is 9.90 Å². The normalized spacial score (nSPS) is 17.3. The highest BCUT2D eigenvalue weighted by atomic mass is 16.5. The van der Waals surface area contributed by atoms with Crippen LogP contribution >= 0.6 is 0 Å². The Bertz CT molecular complexity index is 1540. The molecule has 1 saturated heterocycles. The topological polar surface area (TPSA) is 152 Å². The number of nitrogens with zero attached hydrogens (tertiary/aromatic N) is 5. The van der Waals surface area contributed by atoms with Crippen LogP contribution in [0.25, 0.3) is 11.0 Å². The Morgan fingerprint density at radius 3 is 2.79 bits per heavy atom. The number of pyridine rings is 1. The monoisotopic (exact) mass is 516 g/mol. The Morgan fingerprint density at radius 2 is 2.00 bits per heavy atom. The second kappa shape index (κ2) is 9.88. The fourth-order valence-corrected chi connectivity index (χ4v) is 4.78. The molecular formula is C26H28N8O4. The molecule has 1 fully saturated rings. The molecule has 6 rings (SSSR count). The fraction of sp³-hybridized carbons (Fsp3) is 0.346. The van der Waals surface area contributed by atoms with Crippen molar-refractivity contribution in [3.05, 3.63) is 70.3 Å². The number of aryl methyl sites for hydroxylation is 1. The number of rotatable bonds is 7. The van der Waals surface area contributed by atoms with Crippen molar-refractivity contribution in [2.75, 3.05) is 37.1 Å². The highest BCUT2D eigenvalue weighted by Gasteiger charge is 2.39. The molecule has 1 aromatic carbocycles. The van der Waals surface area contributed by atoms with Gasteiger partial charge in [0.1, 0.15) is 23.3 Å². The quantitative estimate of drug-likeness (QED) is 0.290. The van der Waals surface area contributed by atoms with Crippen LogP contribution in [0.2, 0.25) is 0 Å². The molecule has 12 nitrogen and oxygen atoms in total. The van der Waals surface area contributed by atoms with Crippen molar-refractivity contribution in [3.63, 3.8) is 0 Å². The molecule has 12 heteroatoms. The second-order valence-corrected chi connectivity index (χ2v) is 9.50. The van der Waals surface area contributed by atoms with E-state index in [0.29, 0.717) is 53.8 Å². The van der Waals surface area contributed by atoms with E-state index in [1.54, 1.807) is 17.9 Å². The van der Waals surface area contributed by atoms with E-state index in [0.717, 1.165) is 18.4 Å². The number of aromatic amines is 1. The molecule has 3 aromatic heterocycles. The van der Waals surface area contributed by atoms with Crippen molar-refractivity contribution in [1.29, 1.82) is 0 Å². The fourth-order valence-electron chi connectivity index (χ4n) is 4.78. The largest absolute Gasteiger partial charge is 0.475 e. The maximum Gasteiger partial charge on any atom is 0.275 e. The van der Waals surface area contributed by atoms with Gasteiger partial charge in [0.05, 0.1) is 23.9 Å². The highest BCUT2D eigenvalue weighted by Crippen LogP contribution is 2.34. The van der Waals surface area contributed by atoms with Gasteiger partial charge in [-0.15, -0.1) is 0 Å². The molecule has 1 atom stereocenters. The van der Waals surface area contributed by atoms with Gasteiger partial charge >= 0.3 is 0 Å². The average Bonchev–Trinajstić information content (AvgIpc) is 3.47. The third-order valence-electron chi connectivity index (χ3n) is 6.93. The Labute approximate surface area is 217 Å². The standard InChI is InChI=1S/C26H28N8O4/c1-34-22-18(23(36)33-34)13-28-25(31-22)30-21-11-19(29-20(14-35)16-5-3-2-4-6-16)17(12-27-21)24-32-26(15-38-24)7-9-37-10-8-26/h2-6,11-13,20,35H,7-10,14-15H2,1H3,(H,33,36)(H2,27,28,29,30,31)/t20-/m1/s1. The number of H-pyrrole nitrogens is 1. The molecule has 5 heterocycles. The number of nitrogens with one attached hydrogen (secondary N) is 3. The van der Waals surface area contributed by atoms with Crippen LogP contribution in [0, 0.1) is 0 Å². The number of anilines is 3. The first kappa shape index (κ1) is 24.1. The van der Waals surface area contributed by atoms with Crippen molar-refractivity contribution in [1.82, 2.24) is 24.7 Å². The summed E-state index contributed by atoms with van der Waals surface area (Å²) >= 11 is 0. The van der Waals surface area contributed by atoms with Gasteiger partial charge in [-0.3, -0.25) is 14.6 Å². The summed E-state index contributed by atoms with van der Waals surface area (Å²) in [6, 6.07) is 11.2. The van der Waals surface area contributed by atoms with Crippen LogP contribution in [0.4, 0.5) is 17.5 Å². The van der Waals surface area contributed by atoms with Gasteiger partial charge in [-0.2, -0.15) is 4.98 Å². The maximum absolute atomic E-state index is 12.0. The Kier molecular flexibility index (Phi) is 6.26. The van der Waals surface area contributed by atoms with Crippen LogP contribution in [0.1, 0.15) is 30.0 Å². The second-order valence-electron chi connectivity index (χ2n) is 9.50. The van der Waals surface area contributed by atoms with E-state index in [4.69, 9.17) is 14.5 Å². The molecule has 2 aliphatic heterocycles. The summed E-state index contributed by atoms with van der Waals surface area (Å²) in [4.78, 5) is 30.2. The molecule has 38 heavy (non-hydrogen) atoms. The number of benzene rings is 1. The maximum atomic E-state index is 12.0. The lowest BCUT2D eigenvalue weighted by atomic mass is 9.92. The van der Waals surface area contributed by atoms with Crippen molar-refractivity contribution in [2.24, 2.45) is 12.0 Å². The van der Waals surface area contributed by atoms with Gasteiger partial charge in [0.2, 0.25) is 11.8 Å². The molecule has 0 bridgehead atoms. The van der Waals surface area contributed by atoms with Crippen molar-refractivity contribution >= 4 is 34.4 Å². The SMILES string of the molecule is Cn1[nH]c(=O)c2cnc(Nc3cc(N[C@H](CO)c4ccccc4)c(C4=NC5(CCOCC5)CO4)cn3)nc21. The predicted octanol–water partition coefficient (Wildman–Crippen LogP) is 2.27. The van der Waals surface area contributed by atoms with Gasteiger partial charge in [-0.05, 0) is 18.4 Å². The summed E-state index contributed by atoms with van der Waals surface area (Å²) in [5.74, 6) is 1.27. The first-order chi connectivity index (χ1) is 18.5. The van der Waals surface area contributed by atoms with Gasteiger partial charge < -0.3 is 25.2 Å². The number of hydrogen-bond donors (Lipinski definition) is 4. The Hall–Kier alpha value is -4.29. The molecule has 4 aromatic rings. The van der Waals surface area contributed by atoms with E-state index >= 15 is 0 Å². The van der Waals surface area contributed by atoms with Crippen LogP contribution in [0.15, 0.2) is 58.6 Å². The lowest BCUT2D eigenvalue weighted by Gasteiger charge is -2.28. The van der Waals surface area contributed by atoms with Crippen LogP contribution < -0.4 is 16.2 Å². The number of aliphatic hydroxyl groups excluding tert-OH is 1. The van der Waals surface area contributed by atoms with Crippen LogP contribution in [0.5, 0.6) is 0 Å². The molecule has 0 amide bonds. The lowest BCUT2D eigenvalue weighted by Crippen LogP contribution is -2.35. The van der Waals surface area contributed by atoms with E-state index in [2.05, 4.69) is 30.7 Å². The van der Waals surface area contributed by atoms with Gasteiger partial charge in [-0.25, -0.2) is 15.0 Å². The highest BCUT2D eigenvalue weighted by molar-refractivity contribution is 6.01. The summed E-state index contributed by atoms with van der Waals surface area (Å²) in [6.45, 7) is 1.69. The van der Waals surface area contributed by atoms with Crippen molar-refractivity contribution < 1.29 is 14.6 Å². The summed E-state index contributed by atoms with van der Waals surface area (Å²) in [5.41, 5.74) is 2.25. The summed E-state index contributed by atoms with van der Waals surface area (Å²) in [6.07, 6.45) is 4.77. The predicted molar refractivity (Wildman–Crippen MR) is 142 cm³/mol. The minimum Gasteiger partial charge on any atom is -0.475 e. The number of ether oxygens (including phenoxy) is 2. The van der Waals surface area contributed by atoms with Gasteiger partial charge in [-0.1, -0.05) is 30.3 Å². The van der Waals surface area contributed by atoms with Gasteiger partial charge in [0, 0.05) is 38.7 Å². The zero-order valence-corrected chi connectivity index (χ0v) is 20.8. The minimum atomic E-state index is -0.369. The van der Waals surface area contributed by atoms with Gasteiger partial charge in [0.15, 0.2) is 5.65 Å². The molecule has 0 aliphatic carbocycles. The summed E-state index contributed by atoms with van der Waals surface area (Å²) in [7, 11) is 1.71. The van der Waals surface area contributed by atoms with E-state index in [1.165, 1.54) is 6.20 Å². The number of aliphatic imine (C=N–C) groups is 1. The van der Waals surface area contributed by atoms with E-state index < -0.39 is 0 Å². The van der Waals surface area contributed by atoms with Crippen molar-refractivity contribution in [3.8, 4) is 0 Å². The first-order valence-corrected chi connectivity index (χ1v) is 12.5. The number of aromatic nitrogens is 5. The lowest BCUT2D eigenvalue weighted by molar-refractivity contribution is 0.0442. The molecule has 0 unspecified atom stereocenters. The van der Waals surface area contributed by atoms with Gasteiger partial charge in [0.25, 0.3) is 5.56 Å². The third-order valence-corrected chi connectivity index (χ3v) is 6.93. The molecule has 0 saturated carbocycles. The zero-order chi connectivity index (χ0) is 26.1. The number of fused-ring (bicyclic) bond motifs is 1. The molecule has 1 spiro atoms. The average molecular weight is 517 g/mol.